The lowest BCUT2D eigenvalue weighted by molar-refractivity contribution is -0.155. The second kappa shape index (κ2) is 8.81. The van der Waals surface area contributed by atoms with Gasteiger partial charge in [0.2, 0.25) is 0 Å². The van der Waals surface area contributed by atoms with E-state index >= 15 is 0 Å². The first-order valence-electron chi connectivity index (χ1n) is 8.96. The number of nitrogens with zero attached hydrogens (tertiary/aromatic N) is 1. The smallest absolute Gasteiger partial charge is 0.325 e. The first-order chi connectivity index (χ1) is 13.1. The van der Waals surface area contributed by atoms with Gasteiger partial charge in [0, 0.05) is 19.5 Å². The topological polar surface area (TPSA) is 105 Å². The molecule has 2 rings (SSSR count). The fourth-order valence-corrected chi connectivity index (χ4v) is 2.65. The van der Waals surface area contributed by atoms with E-state index in [1.54, 1.807) is 26.0 Å². The van der Waals surface area contributed by atoms with Crippen molar-refractivity contribution in [2.75, 3.05) is 6.54 Å². The van der Waals surface area contributed by atoms with Crippen LogP contribution >= 0.6 is 0 Å². The Morgan fingerprint density at radius 1 is 1.25 bits per heavy atom. The van der Waals surface area contributed by atoms with Gasteiger partial charge >= 0.3 is 12.0 Å². The summed E-state index contributed by atoms with van der Waals surface area (Å²) in [5, 5.41) is 5.16. The van der Waals surface area contributed by atoms with Crippen LogP contribution in [0.3, 0.4) is 0 Å². The van der Waals surface area contributed by atoms with Gasteiger partial charge in [-0.2, -0.15) is 0 Å². The van der Waals surface area contributed by atoms with Gasteiger partial charge in [-0.1, -0.05) is 12.1 Å². The SMILES string of the molecule is C[C@@H](OC(=O)CCCN1C(=O)NC(C)(C)C1=O)C(=O)NCc1ccc(F)cc1. The molecule has 8 nitrogen and oxygen atoms in total. The highest BCUT2D eigenvalue weighted by Gasteiger charge is 2.43. The molecule has 2 N–H and O–H groups in total. The number of imide groups is 1. The number of benzene rings is 1. The van der Waals surface area contributed by atoms with E-state index in [4.69, 9.17) is 4.74 Å². The van der Waals surface area contributed by atoms with E-state index in [9.17, 15) is 23.6 Å². The van der Waals surface area contributed by atoms with Crippen molar-refractivity contribution in [1.29, 1.82) is 0 Å². The third-order valence-corrected chi connectivity index (χ3v) is 4.26. The summed E-state index contributed by atoms with van der Waals surface area (Å²) in [6.07, 6.45) is -0.797. The number of ether oxygens (including phenoxy) is 1. The molecule has 1 aromatic rings. The molecule has 0 radical (unpaired) electrons. The van der Waals surface area contributed by atoms with Crippen LogP contribution < -0.4 is 10.6 Å². The minimum Gasteiger partial charge on any atom is -0.453 e. The normalized spacial score (nSPS) is 16.5. The Morgan fingerprint density at radius 3 is 2.46 bits per heavy atom. The highest BCUT2D eigenvalue weighted by atomic mass is 19.1. The number of rotatable bonds is 8. The molecule has 0 unspecified atom stereocenters. The van der Waals surface area contributed by atoms with E-state index in [0.717, 1.165) is 4.90 Å². The van der Waals surface area contributed by atoms with Crippen molar-refractivity contribution in [2.24, 2.45) is 0 Å². The lowest BCUT2D eigenvalue weighted by atomic mass is 10.1. The van der Waals surface area contributed by atoms with Crippen LogP contribution in [0.1, 0.15) is 39.2 Å². The zero-order valence-corrected chi connectivity index (χ0v) is 16.1. The monoisotopic (exact) mass is 393 g/mol. The Labute approximate surface area is 162 Å². The number of carbonyl (C=O) groups excluding carboxylic acids is 4. The molecule has 4 amide bonds. The lowest BCUT2D eigenvalue weighted by Gasteiger charge is -2.16. The van der Waals surface area contributed by atoms with Gasteiger partial charge in [-0.15, -0.1) is 0 Å². The highest BCUT2D eigenvalue weighted by molar-refractivity contribution is 6.06. The summed E-state index contributed by atoms with van der Waals surface area (Å²) in [5.41, 5.74) is -0.237. The van der Waals surface area contributed by atoms with E-state index in [1.807, 2.05) is 0 Å². The third kappa shape index (κ3) is 5.51. The molecule has 1 saturated heterocycles. The standard InChI is InChI=1S/C19H24FN3O5/c1-12(16(25)21-11-13-6-8-14(20)9-7-13)28-15(24)5-4-10-23-17(26)19(2,3)22-18(23)27/h6-9,12H,4-5,10-11H2,1-3H3,(H,21,25)(H,22,27)/t12-/m1/s1. The van der Waals surface area contributed by atoms with Crippen molar-refractivity contribution in [2.45, 2.75) is 51.8 Å². The van der Waals surface area contributed by atoms with Gasteiger partial charge in [0.15, 0.2) is 6.10 Å². The van der Waals surface area contributed by atoms with Crippen molar-refractivity contribution in [1.82, 2.24) is 15.5 Å². The van der Waals surface area contributed by atoms with Crippen LogP contribution in [0, 0.1) is 5.82 Å². The maximum Gasteiger partial charge on any atom is 0.325 e. The molecule has 0 aliphatic carbocycles. The number of hydrogen-bond donors (Lipinski definition) is 2. The number of urea groups is 1. The van der Waals surface area contributed by atoms with Crippen LogP contribution in [-0.4, -0.2) is 46.9 Å². The van der Waals surface area contributed by atoms with E-state index in [0.29, 0.717) is 5.56 Å². The summed E-state index contributed by atoms with van der Waals surface area (Å²) < 4.78 is 17.9. The first kappa shape index (κ1) is 21.3. The average molecular weight is 393 g/mol. The molecule has 9 heteroatoms. The predicted molar refractivity (Wildman–Crippen MR) is 97.4 cm³/mol. The van der Waals surface area contributed by atoms with Gasteiger partial charge in [0.1, 0.15) is 11.4 Å². The summed E-state index contributed by atoms with van der Waals surface area (Å²) in [5.74, 6) is -1.79. The van der Waals surface area contributed by atoms with E-state index < -0.39 is 29.6 Å². The Morgan fingerprint density at radius 2 is 1.89 bits per heavy atom. The molecule has 28 heavy (non-hydrogen) atoms. The van der Waals surface area contributed by atoms with Crippen molar-refractivity contribution in [3.8, 4) is 0 Å². The number of carbonyl (C=O) groups is 4. The van der Waals surface area contributed by atoms with Crippen molar-refractivity contribution >= 4 is 23.8 Å². The van der Waals surface area contributed by atoms with Crippen LogP contribution in [0.5, 0.6) is 0 Å². The van der Waals surface area contributed by atoms with E-state index in [2.05, 4.69) is 10.6 Å². The Balaban J connectivity index is 1.70. The fourth-order valence-electron chi connectivity index (χ4n) is 2.65. The summed E-state index contributed by atoms with van der Waals surface area (Å²) in [4.78, 5) is 48.7. The van der Waals surface area contributed by atoms with Crippen molar-refractivity contribution in [3.63, 3.8) is 0 Å². The van der Waals surface area contributed by atoms with E-state index in [-0.39, 0.29) is 37.7 Å². The predicted octanol–water partition coefficient (Wildman–Crippen LogP) is 1.48. The zero-order chi connectivity index (χ0) is 20.9. The molecular weight excluding hydrogens is 369 g/mol. The highest BCUT2D eigenvalue weighted by Crippen LogP contribution is 2.17. The molecule has 1 aliphatic rings. The quantitative estimate of drug-likeness (QED) is 0.514. The third-order valence-electron chi connectivity index (χ3n) is 4.26. The summed E-state index contributed by atoms with van der Waals surface area (Å²) in [7, 11) is 0. The summed E-state index contributed by atoms with van der Waals surface area (Å²) >= 11 is 0. The molecule has 1 aromatic carbocycles. The summed E-state index contributed by atoms with van der Waals surface area (Å²) in [6.45, 7) is 4.93. The molecular formula is C19H24FN3O5. The van der Waals surface area contributed by atoms with Crippen LogP contribution in [-0.2, 0) is 25.7 Å². The average Bonchev–Trinajstić information content (AvgIpc) is 2.82. The molecule has 0 saturated carbocycles. The second-order valence-corrected chi connectivity index (χ2v) is 7.09. The molecule has 0 spiro atoms. The van der Waals surface area contributed by atoms with Gasteiger partial charge in [0.25, 0.3) is 11.8 Å². The fraction of sp³-hybridized carbons (Fsp3) is 0.474. The summed E-state index contributed by atoms with van der Waals surface area (Å²) in [6, 6.07) is 5.18. The maximum absolute atomic E-state index is 12.8. The number of halogens is 1. The second-order valence-electron chi connectivity index (χ2n) is 7.09. The van der Waals surface area contributed by atoms with Gasteiger partial charge in [-0.25, -0.2) is 9.18 Å². The van der Waals surface area contributed by atoms with Gasteiger partial charge in [-0.05, 0) is 44.9 Å². The van der Waals surface area contributed by atoms with Crippen molar-refractivity contribution in [3.05, 3.63) is 35.6 Å². The Hall–Kier alpha value is -2.97. The van der Waals surface area contributed by atoms with Gasteiger partial charge < -0.3 is 15.4 Å². The molecule has 152 valence electrons. The first-order valence-corrected chi connectivity index (χ1v) is 8.96. The zero-order valence-electron chi connectivity index (χ0n) is 16.1. The molecule has 1 atom stereocenters. The molecule has 0 aromatic heterocycles. The van der Waals surface area contributed by atoms with E-state index in [1.165, 1.54) is 19.1 Å². The number of esters is 1. The molecule has 1 aliphatic heterocycles. The molecule has 1 fully saturated rings. The lowest BCUT2D eigenvalue weighted by Crippen LogP contribution is -2.40. The van der Waals surface area contributed by atoms with Crippen LogP contribution in [0.15, 0.2) is 24.3 Å². The van der Waals surface area contributed by atoms with Crippen LogP contribution in [0.25, 0.3) is 0 Å². The number of amides is 4. The van der Waals surface area contributed by atoms with Crippen LogP contribution in [0.4, 0.5) is 9.18 Å². The van der Waals surface area contributed by atoms with Gasteiger partial charge in [0.05, 0.1) is 0 Å². The van der Waals surface area contributed by atoms with Crippen LogP contribution in [0.2, 0.25) is 0 Å². The largest absolute Gasteiger partial charge is 0.453 e. The molecule has 0 bridgehead atoms. The molecule has 1 heterocycles. The van der Waals surface area contributed by atoms with Gasteiger partial charge in [-0.3, -0.25) is 19.3 Å². The number of hydrogen-bond acceptors (Lipinski definition) is 5. The number of nitrogens with one attached hydrogen (secondary N) is 2. The Bertz CT molecular complexity index is 763. The minimum atomic E-state index is -0.997. The minimum absolute atomic E-state index is 0.0347. The maximum atomic E-state index is 12.8. The van der Waals surface area contributed by atoms with Crippen molar-refractivity contribution < 1.29 is 28.3 Å². The Kier molecular flexibility index (Phi) is 6.71.